The molecule has 1 aromatic heterocycles. The molecule has 3 fully saturated rings. The number of hydrogen-bond donors (Lipinski definition) is 1. The van der Waals surface area contributed by atoms with E-state index in [-0.39, 0.29) is 17.4 Å². The van der Waals surface area contributed by atoms with Gasteiger partial charge in [-0.05, 0) is 56.2 Å². The number of aromatic nitrogens is 1. The van der Waals surface area contributed by atoms with Gasteiger partial charge in [-0.1, -0.05) is 6.07 Å². The summed E-state index contributed by atoms with van der Waals surface area (Å²) in [5.41, 5.74) is 1.41. The first kappa shape index (κ1) is 16.0. The van der Waals surface area contributed by atoms with E-state index < -0.39 is 0 Å². The van der Waals surface area contributed by atoms with Crippen LogP contribution in [0.4, 0.5) is 0 Å². The normalized spacial score (nSPS) is 30.6. The van der Waals surface area contributed by atoms with E-state index in [1.807, 2.05) is 18.5 Å². The molecule has 24 heavy (non-hydrogen) atoms. The van der Waals surface area contributed by atoms with Crippen LogP contribution in [-0.2, 0) is 16.1 Å². The summed E-state index contributed by atoms with van der Waals surface area (Å²) >= 11 is 0. The van der Waals surface area contributed by atoms with Crippen molar-refractivity contribution in [3.63, 3.8) is 0 Å². The van der Waals surface area contributed by atoms with Crippen LogP contribution in [0.1, 0.15) is 37.7 Å². The fraction of sp³-hybridized carbons (Fsp3) is 0.684. The molecular formula is C19H27N3O2. The van der Waals surface area contributed by atoms with Crippen LogP contribution in [0.2, 0.25) is 0 Å². The summed E-state index contributed by atoms with van der Waals surface area (Å²) in [6.45, 7) is 4.63. The molecule has 3 aliphatic rings. The first-order chi connectivity index (χ1) is 11.7. The van der Waals surface area contributed by atoms with Gasteiger partial charge in [0.1, 0.15) is 6.10 Å². The first-order valence-electron chi connectivity index (χ1n) is 9.23. The smallest absolute Gasteiger partial charge is 0.249 e. The monoisotopic (exact) mass is 329 g/mol. The predicted molar refractivity (Wildman–Crippen MR) is 91.3 cm³/mol. The molecule has 1 saturated carbocycles. The number of carbonyl (C=O) groups excluding carboxylic acids is 1. The van der Waals surface area contributed by atoms with Crippen molar-refractivity contribution in [2.45, 2.75) is 44.8 Å². The van der Waals surface area contributed by atoms with Crippen LogP contribution in [0.3, 0.4) is 0 Å². The third-order valence-electron chi connectivity index (χ3n) is 5.63. The van der Waals surface area contributed by atoms with Crippen molar-refractivity contribution in [3.8, 4) is 0 Å². The molecule has 2 atom stereocenters. The zero-order valence-electron chi connectivity index (χ0n) is 14.2. The second-order valence-corrected chi connectivity index (χ2v) is 7.87. The highest BCUT2D eigenvalue weighted by Crippen LogP contribution is 2.41. The molecule has 1 aliphatic carbocycles. The summed E-state index contributed by atoms with van der Waals surface area (Å²) in [6, 6.07) is 4.13. The zero-order valence-corrected chi connectivity index (χ0v) is 14.2. The molecule has 1 aromatic rings. The maximum absolute atomic E-state index is 12.3. The van der Waals surface area contributed by atoms with Gasteiger partial charge in [-0.25, -0.2) is 0 Å². The lowest BCUT2D eigenvalue weighted by Crippen LogP contribution is -2.44. The van der Waals surface area contributed by atoms with Crippen molar-refractivity contribution in [1.29, 1.82) is 0 Å². The fourth-order valence-corrected chi connectivity index (χ4v) is 4.12. The molecule has 2 unspecified atom stereocenters. The number of hydrogen-bond acceptors (Lipinski definition) is 4. The molecule has 1 N–H and O–H groups in total. The third-order valence-corrected chi connectivity index (χ3v) is 5.63. The Labute approximate surface area is 143 Å². The summed E-state index contributed by atoms with van der Waals surface area (Å²) in [4.78, 5) is 19.0. The van der Waals surface area contributed by atoms with Crippen LogP contribution < -0.4 is 5.32 Å². The van der Waals surface area contributed by atoms with Crippen molar-refractivity contribution in [3.05, 3.63) is 30.1 Å². The lowest BCUT2D eigenvalue weighted by atomic mass is 9.78. The standard InChI is InChI=1S/C19H27N3O2/c23-18(21-11-15-4-5-15)17-9-19(14-24-17)6-2-8-22(13-19)12-16-3-1-7-20-10-16/h1,3,7,10,15,17H,2,4-6,8-9,11-14H2,(H,21,23). The highest BCUT2D eigenvalue weighted by atomic mass is 16.5. The largest absolute Gasteiger partial charge is 0.368 e. The molecule has 0 radical (unpaired) electrons. The van der Waals surface area contributed by atoms with Crippen LogP contribution in [-0.4, -0.2) is 48.1 Å². The summed E-state index contributed by atoms with van der Waals surface area (Å²) < 4.78 is 5.91. The molecule has 5 nitrogen and oxygen atoms in total. The molecular weight excluding hydrogens is 302 g/mol. The number of nitrogens with one attached hydrogen (secondary N) is 1. The van der Waals surface area contributed by atoms with E-state index in [1.54, 1.807) is 0 Å². The highest BCUT2D eigenvalue weighted by Gasteiger charge is 2.45. The van der Waals surface area contributed by atoms with E-state index >= 15 is 0 Å². The minimum atomic E-state index is -0.248. The van der Waals surface area contributed by atoms with Crippen molar-refractivity contribution in [1.82, 2.24) is 15.2 Å². The second kappa shape index (κ2) is 6.81. The lowest BCUT2D eigenvalue weighted by Gasteiger charge is -2.39. The molecule has 3 heterocycles. The number of rotatable bonds is 5. The van der Waals surface area contributed by atoms with Gasteiger partial charge in [-0.15, -0.1) is 0 Å². The maximum Gasteiger partial charge on any atom is 0.249 e. The number of likely N-dealkylation sites (tertiary alicyclic amines) is 1. The highest BCUT2D eigenvalue weighted by molar-refractivity contribution is 5.81. The Morgan fingerprint density at radius 2 is 2.38 bits per heavy atom. The van der Waals surface area contributed by atoms with Crippen molar-refractivity contribution in [2.24, 2.45) is 11.3 Å². The predicted octanol–water partition coefficient (Wildman–Crippen LogP) is 1.98. The Morgan fingerprint density at radius 3 is 3.17 bits per heavy atom. The van der Waals surface area contributed by atoms with Crippen molar-refractivity contribution >= 4 is 5.91 Å². The van der Waals surface area contributed by atoms with Gasteiger partial charge in [-0.3, -0.25) is 14.7 Å². The SMILES string of the molecule is O=C(NCC1CC1)C1CC2(CCCN(Cc3cccnc3)C2)CO1. The van der Waals surface area contributed by atoms with Crippen LogP contribution in [0.25, 0.3) is 0 Å². The Hall–Kier alpha value is -1.46. The van der Waals surface area contributed by atoms with Crippen molar-refractivity contribution in [2.75, 3.05) is 26.2 Å². The van der Waals surface area contributed by atoms with E-state index in [2.05, 4.69) is 21.3 Å². The third kappa shape index (κ3) is 3.78. The summed E-state index contributed by atoms with van der Waals surface area (Å²) in [5.74, 6) is 0.817. The quantitative estimate of drug-likeness (QED) is 0.897. The van der Waals surface area contributed by atoms with E-state index in [0.717, 1.165) is 39.2 Å². The van der Waals surface area contributed by atoms with E-state index in [0.29, 0.717) is 5.92 Å². The van der Waals surface area contributed by atoms with Crippen LogP contribution >= 0.6 is 0 Å². The topological polar surface area (TPSA) is 54.5 Å². The number of amides is 1. The number of carbonyl (C=O) groups is 1. The lowest BCUT2D eigenvalue weighted by molar-refractivity contribution is -0.130. The summed E-state index contributed by atoms with van der Waals surface area (Å²) in [7, 11) is 0. The molecule has 0 bridgehead atoms. The number of piperidine rings is 1. The Morgan fingerprint density at radius 1 is 1.46 bits per heavy atom. The summed E-state index contributed by atoms with van der Waals surface area (Å²) in [6.07, 6.45) is 9.26. The Kier molecular flexibility index (Phi) is 4.55. The van der Waals surface area contributed by atoms with Gasteiger partial charge in [-0.2, -0.15) is 0 Å². The van der Waals surface area contributed by atoms with Gasteiger partial charge in [0.25, 0.3) is 0 Å². The molecule has 1 spiro atoms. The van der Waals surface area contributed by atoms with Gasteiger partial charge in [0.2, 0.25) is 5.91 Å². The minimum Gasteiger partial charge on any atom is -0.368 e. The maximum atomic E-state index is 12.3. The molecule has 1 amide bonds. The van der Waals surface area contributed by atoms with Gasteiger partial charge in [0.15, 0.2) is 0 Å². The van der Waals surface area contributed by atoms with Gasteiger partial charge >= 0.3 is 0 Å². The fourth-order valence-electron chi connectivity index (χ4n) is 4.12. The van der Waals surface area contributed by atoms with Crippen LogP contribution in [0.5, 0.6) is 0 Å². The van der Waals surface area contributed by atoms with E-state index in [4.69, 9.17) is 4.74 Å². The van der Waals surface area contributed by atoms with Crippen LogP contribution in [0, 0.1) is 11.3 Å². The van der Waals surface area contributed by atoms with Gasteiger partial charge in [0, 0.05) is 37.4 Å². The van der Waals surface area contributed by atoms with Gasteiger partial charge < -0.3 is 10.1 Å². The number of ether oxygens (including phenoxy) is 1. The molecule has 0 aromatic carbocycles. The minimum absolute atomic E-state index is 0.100. The van der Waals surface area contributed by atoms with E-state index in [9.17, 15) is 4.79 Å². The molecule has 2 aliphatic heterocycles. The molecule has 5 heteroatoms. The van der Waals surface area contributed by atoms with Crippen LogP contribution in [0.15, 0.2) is 24.5 Å². The van der Waals surface area contributed by atoms with Crippen molar-refractivity contribution < 1.29 is 9.53 Å². The molecule has 4 rings (SSSR count). The first-order valence-corrected chi connectivity index (χ1v) is 9.23. The molecule has 2 saturated heterocycles. The second-order valence-electron chi connectivity index (χ2n) is 7.87. The zero-order chi connectivity index (χ0) is 16.4. The van der Waals surface area contributed by atoms with E-state index in [1.165, 1.54) is 31.2 Å². The summed E-state index contributed by atoms with van der Waals surface area (Å²) in [5, 5.41) is 3.07. The molecule has 130 valence electrons. The average molecular weight is 329 g/mol. The average Bonchev–Trinajstić information content (AvgIpc) is 3.35. The number of pyridine rings is 1. The Bertz CT molecular complexity index is 575. The number of nitrogens with zero attached hydrogens (tertiary/aromatic N) is 2. The Balaban J connectivity index is 1.32. The van der Waals surface area contributed by atoms with Gasteiger partial charge in [0.05, 0.1) is 6.61 Å².